The molecule has 1 saturated heterocycles. The molecule has 148 valence electrons. The second kappa shape index (κ2) is 5.96. The zero-order chi connectivity index (χ0) is 20.8. The summed E-state index contributed by atoms with van der Waals surface area (Å²) in [5.41, 5.74) is 5.34. The smallest absolute Gasteiger partial charge is 0.240 e. The molecule has 3 aromatic rings. The molecule has 0 unspecified atom stereocenters. The van der Waals surface area contributed by atoms with Crippen LogP contribution in [0.1, 0.15) is 33.7 Å². The molecule has 1 heterocycles. The van der Waals surface area contributed by atoms with Crippen LogP contribution in [0.2, 0.25) is 5.02 Å². The van der Waals surface area contributed by atoms with Crippen molar-refractivity contribution in [2.45, 2.75) is 17.7 Å². The van der Waals surface area contributed by atoms with Crippen molar-refractivity contribution in [3.05, 3.63) is 99.6 Å². The molecule has 0 radical (unpaired) electrons. The van der Waals surface area contributed by atoms with Crippen LogP contribution in [-0.2, 0) is 14.5 Å². The predicted octanol–water partition coefficient (Wildman–Crippen LogP) is 5.40. The van der Waals surface area contributed by atoms with Crippen LogP contribution in [-0.4, -0.2) is 11.8 Å². The summed E-state index contributed by atoms with van der Waals surface area (Å²) in [5.74, 6) is -1.83. The van der Waals surface area contributed by atoms with Crippen LogP contribution in [0.5, 0.6) is 0 Å². The monoisotopic (exact) mass is 433 g/mol. The fourth-order valence-electron chi connectivity index (χ4n) is 5.65. The highest BCUT2D eigenvalue weighted by Gasteiger charge is 2.67. The van der Waals surface area contributed by atoms with Gasteiger partial charge in [-0.2, -0.15) is 0 Å². The molecule has 0 N–H and O–H groups in total. The van der Waals surface area contributed by atoms with Crippen molar-refractivity contribution in [2.75, 3.05) is 4.90 Å². The molecule has 7 rings (SSSR count). The molecule has 2 bridgehead atoms. The molecule has 3 nitrogen and oxygen atoms in total. The summed E-state index contributed by atoms with van der Waals surface area (Å²) in [6.07, 6.45) is 0. The Balaban J connectivity index is 1.60. The van der Waals surface area contributed by atoms with Crippen LogP contribution in [0.15, 0.2) is 66.7 Å². The fraction of sp³-hybridized carbons (Fsp3) is 0.200. The Labute approximate surface area is 184 Å². The lowest BCUT2D eigenvalue weighted by Crippen LogP contribution is -2.50. The lowest BCUT2D eigenvalue weighted by atomic mass is 9.54. The van der Waals surface area contributed by atoms with E-state index in [-0.39, 0.29) is 17.7 Å². The number of alkyl halides is 1. The predicted molar refractivity (Wildman–Crippen MR) is 117 cm³/mol. The Morgan fingerprint density at radius 3 is 2.07 bits per heavy atom. The summed E-state index contributed by atoms with van der Waals surface area (Å²) < 4.78 is 0. The van der Waals surface area contributed by atoms with E-state index in [2.05, 4.69) is 0 Å². The maximum absolute atomic E-state index is 13.7. The minimum Gasteiger partial charge on any atom is -0.274 e. The quantitative estimate of drug-likeness (QED) is 0.380. The third kappa shape index (κ3) is 2.02. The molecule has 2 amide bonds. The lowest BCUT2D eigenvalue weighted by Gasteiger charge is -2.50. The van der Waals surface area contributed by atoms with E-state index in [1.807, 2.05) is 61.5 Å². The Kier molecular flexibility index (Phi) is 3.61. The molecule has 3 aromatic carbocycles. The van der Waals surface area contributed by atoms with Crippen LogP contribution in [0.3, 0.4) is 0 Å². The van der Waals surface area contributed by atoms with E-state index in [1.54, 1.807) is 12.1 Å². The largest absolute Gasteiger partial charge is 0.274 e. The SMILES string of the molecule is Cc1ccc(N2C(=O)[C@H]3C4c5ccccc5C(Cl)(c5ccccc54)[C@H]3C2=O)cc1Cl. The van der Waals surface area contributed by atoms with Gasteiger partial charge >= 0.3 is 0 Å². The number of hydrogen-bond acceptors (Lipinski definition) is 2. The average molecular weight is 434 g/mol. The van der Waals surface area contributed by atoms with Gasteiger partial charge < -0.3 is 0 Å². The highest BCUT2D eigenvalue weighted by molar-refractivity contribution is 6.34. The number of benzene rings is 3. The van der Waals surface area contributed by atoms with Crippen LogP contribution in [0.4, 0.5) is 5.69 Å². The molecule has 0 aromatic heterocycles. The van der Waals surface area contributed by atoms with E-state index in [0.29, 0.717) is 10.7 Å². The lowest BCUT2D eigenvalue weighted by molar-refractivity contribution is -0.122. The number of rotatable bonds is 1. The average Bonchev–Trinajstić information content (AvgIpc) is 3.02. The Morgan fingerprint density at radius 2 is 1.47 bits per heavy atom. The second-order valence-corrected chi connectivity index (χ2v) is 9.32. The minimum absolute atomic E-state index is 0.189. The van der Waals surface area contributed by atoms with Gasteiger partial charge in [0.2, 0.25) is 11.8 Å². The summed E-state index contributed by atoms with van der Waals surface area (Å²) >= 11 is 13.7. The third-order valence-corrected chi connectivity index (χ3v) is 7.98. The van der Waals surface area contributed by atoms with Crippen LogP contribution in [0, 0.1) is 18.8 Å². The second-order valence-electron chi connectivity index (χ2n) is 8.31. The molecular formula is C25H17Cl2NO2. The van der Waals surface area contributed by atoms with Gasteiger partial charge in [-0.3, -0.25) is 9.59 Å². The molecule has 30 heavy (non-hydrogen) atoms. The van der Waals surface area contributed by atoms with Gasteiger partial charge in [-0.05, 0) is 46.9 Å². The van der Waals surface area contributed by atoms with Crippen LogP contribution < -0.4 is 4.90 Å². The number of hydrogen-bond donors (Lipinski definition) is 0. The Morgan fingerprint density at radius 1 is 0.867 bits per heavy atom. The maximum atomic E-state index is 13.7. The zero-order valence-electron chi connectivity index (χ0n) is 16.1. The van der Waals surface area contributed by atoms with Gasteiger partial charge in [0.1, 0.15) is 4.87 Å². The van der Waals surface area contributed by atoms with E-state index >= 15 is 0 Å². The minimum atomic E-state index is -1.07. The summed E-state index contributed by atoms with van der Waals surface area (Å²) in [4.78, 5) is 27.7. The van der Waals surface area contributed by atoms with Crippen molar-refractivity contribution < 1.29 is 9.59 Å². The van der Waals surface area contributed by atoms with Crippen molar-refractivity contribution in [1.82, 2.24) is 0 Å². The third-order valence-electron chi connectivity index (χ3n) is 6.93. The molecule has 2 atom stereocenters. The van der Waals surface area contributed by atoms with Gasteiger partial charge in [-0.1, -0.05) is 66.2 Å². The standard InChI is InChI=1S/C25H17Cl2NO2/c1-13-10-11-14(12-19(13)26)28-23(29)21-20-15-6-2-4-8-17(15)25(27,22(21)24(28)30)18-9-5-3-7-16(18)20/h2-12,20-22H,1H3/t20?,21-,22+,25?/m0/s1. The van der Waals surface area contributed by atoms with Gasteiger partial charge in [0.15, 0.2) is 0 Å². The number of aryl methyl sites for hydroxylation is 1. The fourth-order valence-corrected chi connectivity index (χ4v) is 6.40. The summed E-state index contributed by atoms with van der Waals surface area (Å²) in [5, 5.41) is 0.526. The highest BCUT2D eigenvalue weighted by atomic mass is 35.5. The number of halogens is 2. The van der Waals surface area contributed by atoms with Crippen molar-refractivity contribution in [3.63, 3.8) is 0 Å². The molecular weight excluding hydrogens is 417 g/mol. The highest BCUT2D eigenvalue weighted by Crippen LogP contribution is 2.65. The van der Waals surface area contributed by atoms with Gasteiger partial charge in [-0.25, -0.2) is 4.90 Å². The maximum Gasteiger partial charge on any atom is 0.240 e. The number of amides is 2. The molecule has 0 spiro atoms. The van der Waals surface area contributed by atoms with E-state index < -0.39 is 16.7 Å². The van der Waals surface area contributed by atoms with E-state index in [9.17, 15) is 9.59 Å². The Bertz CT molecular complexity index is 1220. The number of anilines is 1. The van der Waals surface area contributed by atoms with E-state index in [4.69, 9.17) is 23.2 Å². The molecule has 4 aliphatic rings. The van der Waals surface area contributed by atoms with Gasteiger partial charge in [0, 0.05) is 10.9 Å². The molecule has 1 fully saturated rings. The topological polar surface area (TPSA) is 37.4 Å². The number of carbonyl (C=O) groups excluding carboxylic acids is 2. The summed E-state index contributed by atoms with van der Waals surface area (Å²) in [6.45, 7) is 1.89. The van der Waals surface area contributed by atoms with Crippen molar-refractivity contribution in [2.24, 2.45) is 11.8 Å². The zero-order valence-corrected chi connectivity index (χ0v) is 17.6. The van der Waals surface area contributed by atoms with Gasteiger partial charge in [-0.15, -0.1) is 11.6 Å². The summed E-state index contributed by atoms with van der Waals surface area (Å²) in [7, 11) is 0. The van der Waals surface area contributed by atoms with Gasteiger partial charge in [0.25, 0.3) is 0 Å². The first-order valence-electron chi connectivity index (χ1n) is 9.96. The van der Waals surface area contributed by atoms with E-state index in [1.165, 1.54) is 4.90 Å². The normalized spacial score (nSPS) is 28.4. The first-order chi connectivity index (χ1) is 14.4. The molecule has 1 aliphatic heterocycles. The summed E-state index contributed by atoms with van der Waals surface area (Å²) in [6, 6.07) is 21.2. The molecule has 5 heteroatoms. The van der Waals surface area contributed by atoms with Crippen molar-refractivity contribution in [1.29, 1.82) is 0 Å². The first-order valence-corrected chi connectivity index (χ1v) is 10.7. The van der Waals surface area contributed by atoms with Crippen LogP contribution in [0.25, 0.3) is 0 Å². The van der Waals surface area contributed by atoms with Crippen molar-refractivity contribution >= 4 is 40.7 Å². The van der Waals surface area contributed by atoms with E-state index in [0.717, 1.165) is 27.8 Å². The van der Waals surface area contributed by atoms with Crippen LogP contribution >= 0.6 is 23.2 Å². The number of carbonyl (C=O) groups is 2. The molecule has 0 saturated carbocycles. The number of imide groups is 1. The van der Waals surface area contributed by atoms with Crippen molar-refractivity contribution in [3.8, 4) is 0 Å². The van der Waals surface area contributed by atoms with Gasteiger partial charge in [0.05, 0.1) is 17.5 Å². The first kappa shape index (κ1) is 18.2. The Hall–Kier alpha value is -2.62. The molecule has 3 aliphatic carbocycles. The number of nitrogens with zero attached hydrogens (tertiary/aromatic N) is 1.